The minimum Gasteiger partial charge on any atom is -0.496 e. The second-order valence-corrected chi connectivity index (χ2v) is 4.10. The molecule has 0 radical (unpaired) electrons. The Morgan fingerprint density at radius 1 is 1.50 bits per heavy atom. The van der Waals surface area contributed by atoms with Gasteiger partial charge in [-0.05, 0) is 31.0 Å². The van der Waals surface area contributed by atoms with Crippen LogP contribution in [0.4, 0.5) is 0 Å². The smallest absolute Gasteiger partial charge is 0.217 e. The Hall–Kier alpha value is -1.22. The van der Waals surface area contributed by atoms with Gasteiger partial charge in [0.1, 0.15) is 5.75 Å². The number of amides is 1. The van der Waals surface area contributed by atoms with Crippen molar-refractivity contribution in [1.29, 1.82) is 0 Å². The van der Waals surface area contributed by atoms with Crippen molar-refractivity contribution < 1.29 is 9.53 Å². The molecule has 1 amide bonds. The average molecular weight is 242 g/mol. The van der Waals surface area contributed by atoms with Gasteiger partial charge in [0.2, 0.25) is 5.91 Å². The molecule has 1 rings (SSSR count). The van der Waals surface area contributed by atoms with Crippen molar-refractivity contribution in [1.82, 2.24) is 5.32 Å². The Morgan fingerprint density at radius 2 is 2.12 bits per heavy atom. The maximum Gasteiger partial charge on any atom is 0.217 e. The number of carbonyl (C=O) groups excluding carboxylic acids is 1. The van der Waals surface area contributed by atoms with E-state index in [0.29, 0.717) is 6.54 Å². The number of rotatable bonds is 3. The number of aryl methyl sites for hydroxylation is 1. The molecule has 0 spiro atoms. The molecule has 3 nitrogen and oxygen atoms in total. The summed E-state index contributed by atoms with van der Waals surface area (Å²) in [5, 5.41) is 3.47. The first kappa shape index (κ1) is 12.8. The molecule has 0 bridgehead atoms. The number of nitrogens with one attached hydrogen (secondary N) is 1. The van der Waals surface area contributed by atoms with Crippen LogP contribution < -0.4 is 10.1 Å². The first-order valence-electron chi connectivity index (χ1n) is 5.04. The normalized spacial score (nSPS) is 10.1. The molecule has 0 saturated heterocycles. The standard InChI is InChI=1S/C12H16ClNO2/c1-7-5-11(16-4)10(6-14-9(3)15)8(2)12(7)13/h5H,6H2,1-4H3,(H,14,15). The Bertz CT molecular complexity index is 416. The van der Waals surface area contributed by atoms with Crippen LogP contribution in [-0.2, 0) is 11.3 Å². The molecule has 0 aliphatic carbocycles. The summed E-state index contributed by atoms with van der Waals surface area (Å²) in [6.45, 7) is 5.77. The summed E-state index contributed by atoms with van der Waals surface area (Å²) in [5.41, 5.74) is 2.85. The minimum atomic E-state index is -0.0712. The van der Waals surface area contributed by atoms with Crippen LogP contribution in [0.1, 0.15) is 23.6 Å². The molecule has 0 aliphatic heterocycles. The molecular weight excluding hydrogens is 226 g/mol. The lowest BCUT2D eigenvalue weighted by molar-refractivity contribution is -0.119. The number of carbonyl (C=O) groups is 1. The van der Waals surface area contributed by atoms with Gasteiger partial charge >= 0.3 is 0 Å². The zero-order valence-electron chi connectivity index (χ0n) is 9.98. The molecule has 0 aromatic heterocycles. The number of ether oxygens (including phenoxy) is 1. The van der Waals surface area contributed by atoms with Crippen LogP contribution in [0.3, 0.4) is 0 Å². The van der Waals surface area contributed by atoms with E-state index in [9.17, 15) is 4.79 Å². The third-order valence-corrected chi connectivity index (χ3v) is 3.09. The van der Waals surface area contributed by atoms with Crippen LogP contribution in [0.5, 0.6) is 5.75 Å². The maximum atomic E-state index is 10.9. The molecule has 0 fully saturated rings. The third-order valence-electron chi connectivity index (χ3n) is 2.51. The minimum absolute atomic E-state index is 0.0712. The summed E-state index contributed by atoms with van der Waals surface area (Å²) in [4.78, 5) is 10.9. The highest BCUT2D eigenvalue weighted by atomic mass is 35.5. The number of methoxy groups -OCH3 is 1. The Kier molecular flexibility index (Phi) is 4.19. The van der Waals surface area contributed by atoms with Crippen LogP contribution >= 0.6 is 11.6 Å². The van der Waals surface area contributed by atoms with E-state index in [4.69, 9.17) is 16.3 Å². The SMILES string of the molecule is COc1cc(C)c(Cl)c(C)c1CNC(C)=O. The first-order chi connectivity index (χ1) is 7.47. The van der Waals surface area contributed by atoms with E-state index < -0.39 is 0 Å². The van der Waals surface area contributed by atoms with Crippen molar-refractivity contribution in [2.24, 2.45) is 0 Å². The van der Waals surface area contributed by atoms with Crippen LogP contribution in [-0.4, -0.2) is 13.0 Å². The van der Waals surface area contributed by atoms with Gasteiger partial charge < -0.3 is 10.1 Å². The largest absolute Gasteiger partial charge is 0.496 e. The quantitative estimate of drug-likeness (QED) is 0.884. The van der Waals surface area contributed by atoms with Gasteiger partial charge in [0.05, 0.1) is 7.11 Å². The van der Waals surface area contributed by atoms with E-state index in [2.05, 4.69) is 5.32 Å². The highest BCUT2D eigenvalue weighted by Gasteiger charge is 2.12. The van der Waals surface area contributed by atoms with Gasteiger partial charge in [0.25, 0.3) is 0 Å². The van der Waals surface area contributed by atoms with Crippen molar-refractivity contribution in [3.05, 3.63) is 27.8 Å². The predicted molar refractivity (Wildman–Crippen MR) is 65.0 cm³/mol. The second kappa shape index (κ2) is 5.21. The fourth-order valence-electron chi connectivity index (χ4n) is 1.57. The Labute approximate surface area is 101 Å². The molecule has 16 heavy (non-hydrogen) atoms. The number of hydrogen-bond acceptors (Lipinski definition) is 2. The lowest BCUT2D eigenvalue weighted by atomic mass is 10.0. The monoisotopic (exact) mass is 241 g/mol. The summed E-state index contributed by atoms with van der Waals surface area (Å²) in [7, 11) is 1.61. The van der Waals surface area contributed by atoms with Crippen molar-refractivity contribution in [2.75, 3.05) is 7.11 Å². The molecular formula is C12H16ClNO2. The van der Waals surface area contributed by atoms with Crippen molar-refractivity contribution in [2.45, 2.75) is 27.3 Å². The molecule has 88 valence electrons. The van der Waals surface area contributed by atoms with Gasteiger partial charge in [0, 0.05) is 24.1 Å². The fourth-order valence-corrected chi connectivity index (χ4v) is 1.74. The van der Waals surface area contributed by atoms with Gasteiger partial charge in [-0.25, -0.2) is 0 Å². The average Bonchev–Trinajstić information content (AvgIpc) is 2.23. The van der Waals surface area contributed by atoms with Gasteiger partial charge in [0.15, 0.2) is 0 Å². The predicted octanol–water partition coefficient (Wildman–Crippen LogP) is 2.60. The van der Waals surface area contributed by atoms with Crippen LogP contribution in [0.2, 0.25) is 5.02 Å². The molecule has 0 saturated carbocycles. The molecule has 0 heterocycles. The number of benzene rings is 1. The molecule has 0 aliphatic rings. The number of hydrogen-bond donors (Lipinski definition) is 1. The zero-order chi connectivity index (χ0) is 12.3. The Balaban J connectivity index is 3.14. The van der Waals surface area contributed by atoms with E-state index in [1.165, 1.54) is 6.92 Å². The van der Waals surface area contributed by atoms with E-state index >= 15 is 0 Å². The van der Waals surface area contributed by atoms with Crippen molar-refractivity contribution >= 4 is 17.5 Å². The van der Waals surface area contributed by atoms with Crippen LogP contribution in [0.25, 0.3) is 0 Å². The summed E-state index contributed by atoms with van der Waals surface area (Å²) in [6, 6.07) is 1.88. The highest BCUT2D eigenvalue weighted by molar-refractivity contribution is 6.32. The van der Waals surface area contributed by atoms with E-state index in [1.807, 2.05) is 19.9 Å². The van der Waals surface area contributed by atoms with Gasteiger partial charge in [-0.15, -0.1) is 0 Å². The topological polar surface area (TPSA) is 38.3 Å². The lowest BCUT2D eigenvalue weighted by Gasteiger charge is -2.15. The van der Waals surface area contributed by atoms with Crippen molar-refractivity contribution in [3.63, 3.8) is 0 Å². The number of halogens is 1. The first-order valence-corrected chi connectivity index (χ1v) is 5.42. The summed E-state index contributed by atoms with van der Waals surface area (Å²) in [5.74, 6) is 0.686. The Morgan fingerprint density at radius 3 is 2.62 bits per heavy atom. The van der Waals surface area contributed by atoms with E-state index in [1.54, 1.807) is 7.11 Å². The highest BCUT2D eigenvalue weighted by Crippen LogP contribution is 2.31. The fraction of sp³-hybridized carbons (Fsp3) is 0.417. The zero-order valence-corrected chi connectivity index (χ0v) is 10.7. The second-order valence-electron chi connectivity index (χ2n) is 3.72. The lowest BCUT2D eigenvalue weighted by Crippen LogP contribution is -2.20. The van der Waals surface area contributed by atoms with E-state index in [0.717, 1.165) is 27.5 Å². The molecule has 0 unspecified atom stereocenters. The molecule has 1 aromatic carbocycles. The third kappa shape index (κ3) is 2.67. The molecule has 4 heteroatoms. The molecule has 0 atom stereocenters. The van der Waals surface area contributed by atoms with E-state index in [-0.39, 0.29) is 5.91 Å². The molecule has 1 N–H and O–H groups in total. The van der Waals surface area contributed by atoms with Gasteiger partial charge in [-0.3, -0.25) is 4.79 Å². The summed E-state index contributed by atoms with van der Waals surface area (Å²) in [6.07, 6.45) is 0. The van der Waals surface area contributed by atoms with Crippen molar-refractivity contribution in [3.8, 4) is 5.75 Å². The molecule has 1 aromatic rings. The maximum absolute atomic E-state index is 10.9. The van der Waals surface area contributed by atoms with Gasteiger partial charge in [-0.1, -0.05) is 11.6 Å². The van der Waals surface area contributed by atoms with Crippen LogP contribution in [0, 0.1) is 13.8 Å². The summed E-state index contributed by atoms with van der Waals surface area (Å²) >= 11 is 6.16. The summed E-state index contributed by atoms with van der Waals surface area (Å²) < 4.78 is 5.28. The van der Waals surface area contributed by atoms with Gasteiger partial charge in [-0.2, -0.15) is 0 Å². The van der Waals surface area contributed by atoms with Crippen LogP contribution in [0.15, 0.2) is 6.07 Å².